The van der Waals surface area contributed by atoms with Gasteiger partial charge < -0.3 is 10.3 Å². The summed E-state index contributed by atoms with van der Waals surface area (Å²) in [5.74, 6) is 0. The number of H-pyrrole nitrogens is 1. The molecule has 0 aliphatic rings. The molecule has 2 rings (SSSR count). The zero-order valence-electron chi connectivity index (χ0n) is 9.21. The Morgan fingerprint density at radius 1 is 1.41 bits per heavy atom. The summed E-state index contributed by atoms with van der Waals surface area (Å²) in [6.45, 7) is 1.68. The van der Waals surface area contributed by atoms with Crippen molar-refractivity contribution in [3.8, 4) is 0 Å². The van der Waals surface area contributed by atoms with E-state index >= 15 is 0 Å². The number of nitrogens with zero attached hydrogens (tertiary/aromatic N) is 1. The maximum Gasteiger partial charge on any atom is 0.0921 e. The molecule has 0 aliphatic heterocycles. The lowest BCUT2D eigenvalue weighted by molar-refractivity contribution is 0.681. The van der Waals surface area contributed by atoms with Gasteiger partial charge in [0.25, 0.3) is 0 Å². The summed E-state index contributed by atoms with van der Waals surface area (Å²) in [5.41, 5.74) is 2.25. The fourth-order valence-electron chi connectivity index (χ4n) is 1.53. The van der Waals surface area contributed by atoms with Crippen LogP contribution in [0, 0.1) is 0 Å². The molecule has 2 aromatic rings. The standard InChI is InChI=1S/C12H13BrClN3/c13-10-2-1-9(12(14)5-10)6-15-4-3-11-7-16-8-17-11/h1-2,5,7-8,15H,3-4,6H2,(H,16,17). The quantitative estimate of drug-likeness (QED) is 0.832. The second-order valence-electron chi connectivity index (χ2n) is 3.74. The molecule has 0 fully saturated rings. The molecular weight excluding hydrogens is 302 g/mol. The fourth-order valence-corrected chi connectivity index (χ4v) is 2.27. The molecule has 0 radical (unpaired) electrons. The van der Waals surface area contributed by atoms with E-state index in [-0.39, 0.29) is 0 Å². The highest BCUT2D eigenvalue weighted by Crippen LogP contribution is 2.20. The predicted octanol–water partition coefficient (Wildman–Crippen LogP) is 3.16. The summed E-state index contributed by atoms with van der Waals surface area (Å²) in [6, 6.07) is 5.93. The molecule has 5 heteroatoms. The smallest absolute Gasteiger partial charge is 0.0921 e. The monoisotopic (exact) mass is 313 g/mol. The van der Waals surface area contributed by atoms with Gasteiger partial charge in [-0.3, -0.25) is 0 Å². The first-order chi connectivity index (χ1) is 8.25. The van der Waals surface area contributed by atoms with Gasteiger partial charge in [0, 0.05) is 40.9 Å². The van der Waals surface area contributed by atoms with Crippen LogP contribution < -0.4 is 5.32 Å². The normalized spacial score (nSPS) is 10.7. The Morgan fingerprint density at radius 3 is 3.00 bits per heavy atom. The summed E-state index contributed by atoms with van der Waals surface area (Å²) < 4.78 is 1.00. The van der Waals surface area contributed by atoms with Gasteiger partial charge in [0.15, 0.2) is 0 Å². The highest BCUT2D eigenvalue weighted by atomic mass is 79.9. The summed E-state index contributed by atoms with van der Waals surface area (Å²) in [6.07, 6.45) is 4.48. The largest absolute Gasteiger partial charge is 0.348 e. The molecule has 3 nitrogen and oxygen atoms in total. The molecule has 0 saturated heterocycles. The Hall–Kier alpha value is -0.840. The van der Waals surface area contributed by atoms with Crippen molar-refractivity contribution in [1.82, 2.24) is 15.3 Å². The molecule has 0 saturated carbocycles. The van der Waals surface area contributed by atoms with E-state index in [1.807, 2.05) is 24.4 Å². The number of hydrogen-bond acceptors (Lipinski definition) is 2. The van der Waals surface area contributed by atoms with Gasteiger partial charge >= 0.3 is 0 Å². The van der Waals surface area contributed by atoms with Crippen LogP contribution in [0.5, 0.6) is 0 Å². The summed E-state index contributed by atoms with van der Waals surface area (Å²) in [7, 11) is 0. The van der Waals surface area contributed by atoms with Gasteiger partial charge in [-0.2, -0.15) is 0 Å². The lowest BCUT2D eigenvalue weighted by atomic mass is 10.2. The third-order valence-electron chi connectivity index (χ3n) is 2.46. The SMILES string of the molecule is Clc1cc(Br)ccc1CNCCc1cnc[nH]1. The molecule has 90 valence electrons. The van der Waals surface area contributed by atoms with Gasteiger partial charge in [0.1, 0.15) is 0 Å². The average molecular weight is 315 g/mol. The molecule has 0 spiro atoms. The molecule has 2 N–H and O–H groups in total. The van der Waals surface area contributed by atoms with Crippen LogP contribution in [0.1, 0.15) is 11.3 Å². The Morgan fingerprint density at radius 2 is 2.29 bits per heavy atom. The number of nitrogens with one attached hydrogen (secondary N) is 2. The van der Waals surface area contributed by atoms with Gasteiger partial charge in [0.05, 0.1) is 6.33 Å². The van der Waals surface area contributed by atoms with E-state index in [1.165, 1.54) is 0 Å². The molecule has 1 aromatic heterocycles. The predicted molar refractivity (Wildman–Crippen MR) is 73.2 cm³/mol. The zero-order valence-corrected chi connectivity index (χ0v) is 11.6. The Labute approximate surface area is 114 Å². The average Bonchev–Trinajstić information content (AvgIpc) is 2.79. The van der Waals surface area contributed by atoms with E-state index in [1.54, 1.807) is 6.33 Å². The van der Waals surface area contributed by atoms with Crippen LogP contribution in [0.4, 0.5) is 0 Å². The number of benzene rings is 1. The van der Waals surface area contributed by atoms with Gasteiger partial charge in [-0.1, -0.05) is 33.6 Å². The highest BCUT2D eigenvalue weighted by Gasteiger charge is 2.00. The lowest BCUT2D eigenvalue weighted by Gasteiger charge is -2.06. The third-order valence-corrected chi connectivity index (χ3v) is 3.30. The summed E-state index contributed by atoms with van der Waals surface area (Å²) in [5, 5.41) is 4.14. The van der Waals surface area contributed by atoms with Crippen LogP contribution in [-0.2, 0) is 13.0 Å². The zero-order chi connectivity index (χ0) is 12.1. The molecule has 0 atom stereocenters. The minimum atomic E-state index is 0.778. The minimum Gasteiger partial charge on any atom is -0.348 e. The molecular formula is C12H13BrClN3. The van der Waals surface area contributed by atoms with Crippen LogP contribution >= 0.6 is 27.5 Å². The number of aromatic amines is 1. The van der Waals surface area contributed by atoms with Crippen molar-refractivity contribution in [1.29, 1.82) is 0 Å². The van der Waals surface area contributed by atoms with Crippen molar-refractivity contribution >= 4 is 27.5 Å². The number of imidazole rings is 1. The van der Waals surface area contributed by atoms with Gasteiger partial charge in [-0.05, 0) is 17.7 Å². The van der Waals surface area contributed by atoms with Crippen molar-refractivity contribution in [2.75, 3.05) is 6.54 Å². The van der Waals surface area contributed by atoms with Crippen LogP contribution in [0.25, 0.3) is 0 Å². The van der Waals surface area contributed by atoms with Gasteiger partial charge in [-0.15, -0.1) is 0 Å². The second-order valence-corrected chi connectivity index (χ2v) is 5.06. The van der Waals surface area contributed by atoms with Crippen LogP contribution in [0.15, 0.2) is 35.2 Å². The van der Waals surface area contributed by atoms with E-state index in [9.17, 15) is 0 Å². The van der Waals surface area contributed by atoms with E-state index < -0.39 is 0 Å². The Bertz CT molecular complexity index is 471. The van der Waals surface area contributed by atoms with E-state index in [2.05, 4.69) is 31.2 Å². The number of rotatable bonds is 5. The molecule has 0 amide bonds. The maximum absolute atomic E-state index is 6.12. The Kier molecular flexibility index (Phi) is 4.59. The van der Waals surface area contributed by atoms with Crippen LogP contribution in [-0.4, -0.2) is 16.5 Å². The Balaban J connectivity index is 1.78. The number of aromatic nitrogens is 2. The first kappa shape index (κ1) is 12.6. The molecule has 0 unspecified atom stereocenters. The van der Waals surface area contributed by atoms with Crippen molar-refractivity contribution < 1.29 is 0 Å². The first-order valence-corrected chi connectivity index (χ1v) is 6.54. The van der Waals surface area contributed by atoms with Gasteiger partial charge in [0.2, 0.25) is 0 Å². The van der Waals surface area contributed by atoms with Crippen molar-refractivity contribution in [2.24, 2.45) is 0 Å². The number of hydrogen-bond donors (Lipinski definition) is 2. The summed E-state index contributed by atoms with van der Waals surface area (Å²) >= 11 is 9.51. The van der Waals surface area contributed by atoms with Crippen molar-refractivity contribution in [3.05, 3.63) is 51.5 Å². The van der Waals surface area contributed by atoms with Crippen LogP contribution in [0.3, 0.4) is 0 Å². The lowest BCUT2D eigenvalue weighted by Crippen LogP contribution is -2.17. The van der Waals surface area contributed by atoms with E-state index in [0.717, 1.165) is 40.3 Å². The first-order valence-electron chi connectivity index (χ1n) is 5.37. The molecule has 1 heterocycles. The summed E-state index contributed by atoms with van der Waals surface area (Å²) in [4.78, 5) is 7.04. The van der Waals surface area contributed by atoms with Crippen molar-refractivity contribution in [3.63, 3.8) is 0 Å². The second kappa shape index (κ2) is 6.19. The van der Waals surface area contributed by atoms with Gasteiger partial charge in [-0.25, -0.2) is 4.98 Å². The minimum absolute atomic E-state index is 0.778. The topological polar surface area (TPSA) is 40.7 Å². The van der Waals surface area contributed by atoms with Crippen LogP contribution in [0.2, 0.25) is 5.02 Å². The molecule has 17 heavy (non-hydrogen) atoms. The molecule has 0 aliphatic carbocycles. The van der Waals surface area contributed by atoms with Crippen molar-refractivity contribution in [2.45, 2.75) is 13.0 Å². The van der Waals surface area contributed by atoms with E-state index in [4.69, 9.17) is 11.6 Å². The molecule has 1 aromatic carbocycles. The third kappa shape index (κ3) is 3.84. The van der Waals surface area contributed by atoms with E-state index in [0.29, 0.717) is 0 Å². The number of halogens is 2. The highest BCUT2D eigenvalue weighted by molar-refractivity contribution is 9.10. The maximum atomic E-state index is 6.12. The molecule has 0 bridgehead atoms. The fraction of sp³-hybridized carbons (Fsp3) is 0.250.